The Morgan fingerprint density at radius 3 is 2.70 bits per heavy atom. The van der Waals surface area contributed by atoms with Gasteiger partial charge in [-0.1, -0.05) is 6.07 Å². The minimum Gasteiger partial charge on any atom is -0.480 e. The third kappa shape index (κ3) is 2.95. The summed E-state index contributed by atoms with van der Waals surface area (Å²) in [5, 5.41) is 11.9. The number of anilines is 1. The number of nitrogens with one attached hydrogen (secondary N) is 1. The van der Waals surface area contributed by atoms with Gasteiger partial charge >= 0.3 is 12.0 Å². The summed E-state index contributed by atoms with van der Waals surface area (Å²) in [4.78, 5) is 24.7. The molecule has 20 heavy (non-hydrogen) atoms. The SMILES string of the molecule is Cc1cc(C)c(NC(=O)N2CCC[C@@H]2C(=O)O)c(Br)c1. The second-order valence-corrected chi connectivity index (χ2v) is 5.91. The number of hydrogen-bond donors (Lipinski definition) is 2. The van der Waals surface area contributed by atoms with Crippen LogP contribution >= 0.6 is 15.9 Å². The summed E-state index contributed by atoms with van der Waals surface area (Å²) in [6.45, 7) is 4.36. The number of aliphatic carboxylic acids is 1. The third-order valence-electron chi connectivity index (χ3n) is 3.46. The van der Waals surface area contributed by atoms with Gasteiger partial charge in [-0.15, -0.1) is 0 Å². The number of carbonyl (C=O) groups is 2. The van der Waals surface area contributed by atoms with Crippen molar-refractivity contribution >= 4 is 33.6 Å². The van der Waals surface area contributed by atoms with Crippen LogP contribution in [0.15, 0.2) is 16.6 Å². The highest BCUT2D eigenvalue weighted by Gasteiger charge is 2.34. The Morgan fingerprint density at radius 1 is 1.40 bits per heavy atom. The highest BCUT2D eigenvalue weighted by atomic mass is 79.9. The Balaban J connectivity index is 2.18. The summed E-state index contributed by atoms with van der Waals surface area (Å²) >= 11 is 3.43. The molecule has 0 unspecified atom stereocenters. The molecule has 1 aliphatic heterocycles. The summed E-state index contributed by atoms with van der Waals surface area (Å²) in [6, 6.07) is 2.81. The zero-order chi connectivity index (χ0) is 14.9. The molecule has 1 atom stereocenters. The van der Waals surface area contributed by atoms with E-state index < -0.39 is 12.0 Å². The topological polar surface area (TPSA) is 69.6 Å². The molecule has 108 valence electrons. The Kier molecular flexibility index (Phi) is 4.32. The van der Waals surface area contributed by atoms with Crippen LogP contribution in [0.1, 0.15) is 24.0 Å². The molecular weight excluding hydrogens is 324 g/mol. The van der Waals surface area contributed by atoms with Gasteiger partial charge in [-0.25, -0.2) is 9.59 Å². The minimum absolute atomic E-state index is 0.359. The van der Waals surface area contributed by atoms with E-state index in [0.29, 0.717) is 18.7 Å². The van der Waals surface area contributed by atoms with Crippen LogP contribution in [0.5, 0.6) is 0 Å². The summed E-state index contributed by atoms with van der Waals surface area (Å²) in [6.07, 6.45) is 1.23. The fourth-order valence-corrected chi connectivity index (χ4v) is 3.29. The zero-order valence-electron chi connectivity index (χ0n) is 11.4. The van der Waals surface area contributed by atoms with Crippen molar-refractivity contribution in [2.45, 2.75) is 32.7 Å². The van der Waals surface area contributed by atoms with Crippen LogP contribution in [-0.2, 0) is 4.79 Å². The highest BCUT2D eigenvalue weighted by Crippen LogP contribution is 2.29. The minimum atomic E-state index is -0.947. The van der Waals surface area contributed by atoms with Crippen LogP contribution in [0.3, 0.4) is 0 Å². The lowest BCUT2D eigenvalue weighted by Gasteiger charge is -2.23. The molecule has 1 aromatic rings. The molecule has 1 saturated heterocycles. The van der Waals surface area contributed by atoms with Crippen molar-refractivity contribution in [3.63, 3.8) is 0 Å². The number of urea groups is 1. The fourth-order valence-electron chi connectivity index (χ4n) is 2.52. The first-order valence-corrected chi connectivity index (χ1v) is 7.26. The molecule has 2 rings (SSSR count). The van der Waals surface area contributed by atoms with E-state index >= 15 is 0 Å². The van der Waals surface area contributed by atoms with E-state index in [2.05, 4.69) is 21.2 Å². The van der Waals surface area contributed by atoms with E-state index in [1.807, 2.05) is 26.0 Å². The number of carbonyl (C=O) groups excluding carboxylic acids is 1. The fraction of sp³-hybridized carbons (Fsp3) is 0.429. The average molecular weight is 341 g/mol. The molecule has 1 fully saturated rings. The molecule has 0 bridgehead atoms. The lowest BCUT2D eigenvalue weighted by Crippen LogP contribution is -2.42. The van der Waals surface area contributed by atoms with E-state index in [0.717, 1.165) is 22.0 Å². The molecule has 1 aliphatic rings. The van der Waals surface area contributed by atoms with Gasteiger partial charge in [0.25, 0.3) is 0 Å². The second-order valence-electron chi connectivity index (χ2n) is 5.06. The number of halogens is 1. The van der Waals surface area contributed by atoms with Crippen molar-refractivity contribution in [3.05, 3.63) is 27.7 Å². The van der Waals surface area contributed by atoms with Crippen molar-refractivity contribution in [3.8, 4) is 0 Å². The number of likely N-dealkylation sites (tertiary alicyclic amines) is 1. The number of hydrogen-bond acceptors (Lipinski definition) is 2. The number of benzene rings is 1. The van der Waals surface area contributed by atoms with Gasteiger partial charge in [0.15, 0.2) is 0 Å². The average Bonchev–Trinajstić information content (AvgIpc) is 2.82. The zero-order valence-corrected chi connectivity index (χ0v) is 13.0. The van der Waals surface area contributed by atoms with E-state index in [4.69, 9.17) is 5.11 Å². The quantitative estimate of drug-likeness (QED) is 0.868. The van der Waals surface area contributed by atoms with Gasteiger partial charge < -0.3 is 15.3 Å². The Bertz CT molecular complexity index is 536. The molecule has 2 amide bonds. The largest absolute Gasteiger partial charge is 0.480 e. The van der Waals surface area contributed by atoms with Gasteiger partial charge in [0.1, 0.15) is 6.04 Å². The summed E-state index contributed by atoms with van der Waals surface area (Å²) in [5.74, 6) is -0.947. The van der Waals surface area contributed by atoms with E-state index in [1.165, 1.54) is 4.90 Å². The first kappa shape index (κ1) is 14.8. The molecule has 0 saturated carbocycles. The van der Waals surface area contributed by atoms with Gasteiger partial charge in [-0.05, 0) is 59.8 Å². The van der Waals surface area contributed by atoms with Gasteiger partial charge in [0.05, 0.1) is 5.69 Å². The maximum absolute atomic E-state index is 12.2. The lowest BCUT2D eigenvalue weighted by atomic mass is 10.1. The van der Waals surface area contributed by atoms with Crippen molar-refractivity contribution < 1.29 is 14.7 Å². The smallest absolute Gasteiger partial charge is 0.326 e. The molecule has 0 radical (unpaired) electrons. The number of amides is 2. The number of carboxylic acids is 1. The second kappa shape index (κ2) is 5.83. The number of aryl methyl sites for hydroxylation is 2. The predicted octanol–water partition coefficient (Wildman–Crippen LogP) is 3.15. The molecule has 5 nitrogen and oxygen atoms in total. The maximum Gasteiger partial charge on any atom is 0.326 e. The normalized spacial score (nSPS) is 18.1. The molecule has 2 N–H and O–H groups in total. The molecule has 0 aromatic heterocycles. The van der Waals surface area contributed by atoms with Crippen molar-refractivity contribution in [1.82, 2.24) is 4.90 Å². The summed E-state index contributed by atoms with van der Waals surface area (Å²) < 4.78 is 0.800. The van der Waals surface area contributed by atoms with Gasteiger partial charge in [-0.2, -0.15) is 0 Å². The number of carboxylic acid groups (broad SMARTS) is 1. The van der Waals surface area contributed by atoms with Gasteiger partial charge in [0, 0.05) is 11.0 Å². The van der Waals surface area contributed by atoms with E-state index in [1.54, 1.807) is 0 Å². The van der Waals surface area contributed by atoms with E-state index in [-0.39, 0.29) is 6.03 Å². The van der Waals surface area contributed by atoms with Crippen molar-refractivity contribution in [1.29, 1.82) is 0 Å². The monoisotopic (exact) mass is 340 g/mol. The molecule has 0 aliphatic carbocycles. The predicted molar refractivity (Wildman–Crippen MR) is 80.0 cm³/mol. The first-order chi connectivity index (χ1) is 9.40. The van der Waals surface area contributed by atoms with Crippen LogP contribution in [0.4, 0.5) is 10.5 Å². The molecule has 0 spiro atoms. The first-order valence-electron chi connectivity index (χ1n) is 6.47. The van der Waals surface area contributed by atoms with Crippen LogP contribution in [0.2, 0.25) is 0 Å². The van der Waals surface area contributed by atoms with E-state index in [9.17, 15) is 9.59 Å². The molecule has 1 heterocycles. The molecular formula is C14H17BrN2O3. The van der Waals surface area contributed by atoms with Crippen LogP contribution in [-0.4, -0.2) is 34.6 Å². The number of rotatable bonds is 2. The van der Waals surface area contributed by atoms with Crippen molar-refractivity contribution in [2.24, 2.45) is 0 Å². The molecule has 6 heteroatoms. The van der Waals surface area contributed by atoms with Crippen LogP contribution in [0, 0.1) is 13.8 Å². The summed E-state index contributed by atoms with van der Waals surface area (Å²) in [5.41, 5.74) is 2.73. The van der Waals surface area contributed by atoms with Gasteiger partial charge in [0.2, 0.25) is 0 Å². The number of nitrogens with zero attached hydrogens (tertiary/aromatic N) is 1. The van der Waals surface area contributed by atoms with Crippen LogP contribution < -0.4 is 5.32 Å². The van der Waals surface area contributed by atoms with Crippen LogP contribution in [0.25, 0.3) is 0 Å². The Labute approximate surface area is 126 Å². The molecule has 1 aromatic carbocycles. The standard InChI is InChI=1S/C14H17BrN2O3/c1-8-6-9(2)12(10(15)7-8)16-14(20)17-5-3-4-11(17)13(18)19/h6-7,11H,3-5H2,1-2H3,(H,16,20)(H,18,19)/t11-/m1/s1. The lowest BCUT2D eigenvalue weighted by molar-refractivity contribution is -0.141. The van der Waals surface area contributed by atoms with Crippen molar-refractivity contribution in [2.75, 3.05) is 11.9 Å². The maximum atomic E-state index is 12.2. The Hall–Kier alpha value is -1.56. The van der Waals surface area contributed by atoms with Gasteiger partial charge in [-0.3, -0.25) is 0 Å². The highest BCUT2D eigenvalue weighted by molar-refractivity contribution is 9.10. The Morgan fingerprint density at radius 2 is 2.10 bits per heavy atom. The summed E-state index contributed by atoms with van der Waals surface area (Å²) in [7, 11) is 0. The third-order valence-corrected chi connectivity index (χ3v) is 4.09.